The van der Waals surface area contributed by atoms with Gasteiger partial charge in [-0.05, 0) is 36.5 Å². The third-order valence-electron chi connectivity index (χ3n) is 4.01. The molecule has 0 radical (unpaired) electrons. The number of hydrogen-bond donors (Lipinski definition) is 1. The van der Waals surface area contributed by atoms with Crippen LogP contribution in [-0.2, 0) is 0 Å². The highest BCUT2D eigenvalue weighted by Gasteiger charge is 2.21. The van der Waals surface area contributed by atoms with Gasteiger partial charge in [-0.15, -0.1) is 0 Å². The highest BCUT2D eigenvalue weighted by molar-refractivity contribution is 9.10. The molecule has 1 heterocycles. The van der Waals surface area contributed by atoms with Crippen LogP contribution in [0, 0.1) is 5.41 Å². The fourth-order valence-corrected chi connectivity index (χ4v) is 3.39. The minimum absolute atomic E-state index is 0.0622. The first kappa shape index (κ1) is 15.6. The van der Waals surface area contributed by atoms with Crippen molar-refractivity contribution in [3.63, 3.8) is 0 Å². The van der Waals surface area contributed by atoms with Gasteiger partial charge in [-0.1, -0.05) is 54.4 Å². The molecule has 1 aliphatic rings. The molecule has 0 unspecified atom stereocenters. The van der Waals surface area contributed by atoms with Crippen LogP contribution in [0.15, 0.2) is 34.3 Å². The Morgan fingerprint density at radius 1 is 1.30 bits per heavy atom. The minimum atomic E-state index is 0.0622. The van der Waals surface area contributed by atoms with Gasteiger partial charge < -0.3 is 10.6 Å². The molecule has 3 heteroatoms. The third-order valence-corrected chi connectivity index (χ3v) is 4.70. The van der Waals surface area contributed by atoms with Crippen LogP contribution in [0.3, 0.4) is 0 Å². The van der Waals surface area contributed by atoms with Crippen LogP contribution in [0.4, 0.5) is 5.69 Å². The smallest absolute Gasteiger partial charge is 0.0380 e. The molecular weight excluding hydrogens is 312 g/mol. The van der Waals surface area contributed by atoms with E-state index < -0.39 is 0 Å². The summed E-state index contributed by atoms with van der Waals surface area (Å²) in [5.74, 6) is 0. The molecule has 1 atom stereocenters. The van der Waals surface area contributed by atoms with Crippen molar-refractivity contribution in [1.82, 2.24) is 0 Å². The molecule has 20 heavy (non-hydrogen) atoms. The zero-order valence-electron chi connectivity index (χ0n) is 12.9. The molecule has 2 rings (SSSR count). The molecule has 2 nitrogen and oxygen atoms in total. The Hall–Kier alpha value is -0.800. The zero-order chi connectivity index (χ0) is 14.9. The van der Waals surface area contributed by atoms with Crippen LogP contribution in [0.5, 0.6) is 0 Å². The van der Waals surface area contributed by atoms with Crippen molar-refractivity contribution in [2.75, 3.05) is 18.0 Å². The molecule has 1 aromatic rings. The van der Waals surface area contributed by atoms with Crippen molar-refractivity contribution in [2.24, 2.45) is 11.1 Å². The van der Waals surface area contributed by atoms with Crippen LogP contribution in [0.2, 0.25) is 0 Å². The van der Waals surface area contributed by atoms with E-state index in [1.165, 1.54) is 5.69 Å². The van der Waals surface area contributed by atoms with E-state index in [-0.39, 0.29) is 6.04 Å². The van der Waals surface area contributed by atoms with E-state index >= 15 is 0 Å². The Labute approximate surface area is 131 Å². The van der Waals surface area contributed by atoms with Crippen LogP contribution >= 0.6 is 15.9 Å². The maximum Gasteiger partial charge on any atom is 0.0380 e. The largest absolute Gasteiger partial charge is 0.367 e. The molecule has 0 bridgehead atoms. The van der Waals surface area contributed by atoms with Gasteiger partial charge in [-0.25, -0.2) is 0 Å². The Kier molecular flexibility index (Phi) is 4.60. The number of rotatable bonds is 2. The Morgan fingerprint density at radius 3 is 2.45 bits per heavy atom. The molecule has 0 spiro atoms. The summed E-state index contributed by atoms with van der Waals surface area (Å²) in [5.41, 5.74) is 10.3. The molecule has 2 N–H and O–H groups in total. The molecular formula is C17H25BrN2. The number of hydrogen-bond acceptors (Lipinski definition) is 2. The van der Waals surface area contributed by atoms with Crippen molar-refractivity contribution < 1.29 is 0 Å². The monoisotopic (exact) mass is 336 g/mol. The van der Waals surface area contributed by atoms with Crippen molar-refractivity contribution in [3.8, 4) is 0 Å². The second-order valence-electron chi connectivity index (χ2n) is 6.67. The number of halogens is 1. The van der Waals surface area contributed by atoms with Crippen LogP contribution in [0.1, 0.15) is 45.7 Å². The topological polar surface area (TPSA) is 29.3 Å². The van der Waals surface area contributed by atoms with Gasteiger partial charge in [-0.2, -0.15) is 0 Å². The first-order valence-electron chi connectivity index (χ1n) is 7.28. The quantitative estimate of drug-likeness (QED) is 0.796. The second kappa shape index (κ2) is 5.90. The van der Waals surface area contributed by atoms with Gasteiger partial charge in [-0.3, -0.25) is 0 Å². The predicted molar refractivity (Wildman–Crippen MR) is 91.1 cm³/mol. The van der Waals surface area contributed by atoms with E-state index in [9.17, 15) is 0 Å². The Morgan fingerprint density at radius 2 is 2.00 bits per heavy atom. The van der Waals surface area contributed by atoms with E-state index in [4.69, 9.17) is 5.73 Å². The summed E-state index contributed by atoms with van der Waals surface area (Å²) < 4.78 is 1.11. The maximum atomic E-state index is 5.96. The number of nitrogens with zero attached hydrogens (tertiary/aromatic N) is 1. The van der Waals surface area contributed by atoms with E-state index in [0.717, 1.165) is 29.5 Å². The predicted octanol–water partition coefficient (Wildman–Crippen LogP) is 4.65. The van der Waals surface area contributed by atoms with Crippen molar-refractivity contribution in [2.45, 2.75) is 40.2 Å². The lowest BCUT2D eigenvalue weighted by atomic mass is 9.83. The normalized spacial score (nSPS) is 17.9. The van der Waals surface area contributed by atoms with Crippen molar-refractivity contribution in [1.29, 1.82) is 0 Å². The molecule has 1 aromatic carbocycles. The molecule has 0 fully saturated rings. The van der Waals surface area contributed by atoms with Crippen LogP contribution in [0.25, 0.3) is 0 Å². The summed E-state index contributed by atoms with van der Waals surface area (Å²) in [6.07, 6.45) is 3.53. The minimum Gasteiger partial charge on any atom is -0.367 e. The maximum absolute atomic E-state index is 5.96. The summed E-state index contributed by atoms with van der Waals surface area (Å²) in [6, 6.07) is 6.56. The molecule has 0 aromatic heterocycles. The first-order valence-corrected chi connectivity index (χ1v) is 8.08. The summed E-state index contributed by atoms with van der Waals surface area (Å²) >= 11 is 3.64. The van der Waals surface area contributed by atoms with E-state index in [0.29, 0.717) is 5.41 Å². The van der Waals surface area contributed by atoms with Crippen LogP contribution < -0.4 is 10.6 Å². The molecule has 110 valence electrons. The summed E-state index contributed by atoms with van der Waals surface area (Å²) in [4.78, 5) is 2.42. The zero-order valence-corrected chi connectivity index (χ0v) is 14.5. The Balaban J connectivity index is 2.15. The summed E-state index contributed by atoms with van der Waals surface area (Å²) in [5, 5.41) is 0. The van der Waals surface area contributed by atoms with E-state index in [1.54, 1.807) is 5.57 Å². The van der Waals surface area contributed by atoms with Gasteiger partial charge >= 0.3 is 0 Å². The lowest BCUT2D eigenvalue weighted by Gasteiger charge is -2.33. The van der Waals surface area contributed by atoms with E-state index in [2.05, 4.69) is 65.9 Å². The number of anilines is 1. The lowest BCUT2D eigenvalue weighted by Crippen LogP contribution is -2.31. The van der Waals surface area contributed by atoms with Gasteiger partial charge in [0.15, 0.2) is 0 Å². The average molecular weight is 337 g/mol. The molecule has 0 amide bonds. The van der Waals surface area contributed by atoms with Crippen molar-refractivity contribution >= 4 is 21.6 Å². The number of nitrogens with two attached hydrogens (primary N) is 1. The fourth-order valence-electron chi connectivity index (χ4n) is 2.67. The van der Waals surface area contributed by atoms with E-state index in [1.807, 2.05) is 6.92 Å². The molecule has 0 aliphatic carbocycles. The lowest BCUT2D eigenvalue weighted by molar-refractivity contribution is 0.472. The van der Waals surface area contributed by atoms with Gasteiger partial charge in [0.05, 0.1) is 0 Å². The third kappa shape index (κ3) is 3.44. The summed E-state index contributed by atoms with van der Waals surface area (Å²) in [7, 11) is 0. The van der Waals surface area contributed by atoms with Gasteiger partial charge in [0.2, 0.25) is 0 Å². The van der Waals surface area contributed by atoms with Crippen LogP contribution in [-0.4, -0.2) is 13.1 Å². The highest BCUT2D eigenvalue weighted by atomic mass is 79.9. The standard InChI is InChI=1S/C17H25BrN2/c1-12(19)15-6-5-14(11-16(15)18)20-9-7-13(8-10-20)17(2,3)4/h5-7,11-12H,8-10,19H2,1-4H3/t12-/m1/s1. The first-order chi connectivity index (χ1) is 9.29. The fraction of sp³-hybridized carbons (Fsp3) is 0.529. The molecule has 0 saturated carbocycles. The van der Waals surface area contributed by atoms with Crippen molar-refractivity contribution in [3.05, 3.63) is 39.9 Å². The SMILES string of the molecule is C[C@@H](N)c1ccc(N2CC=C(C(C)(C)C)CC2)cc1Br. The number of benzene rings is 1. The summed E-state index contributed by atoms with van der Waals surface area (Å²) in [6.45, 7) is 11.0. The van der Waals surface area contributed by atoms with Gasteiger partial charge in [0, 0.05) is 29.3 Å². The molecule has 1 aliphatic heterocycles. The Bertz CT molecular complexity index is 512. The van der Waals surface area contributed by atoms with Gasteiger partial charge in [0.1, 0.15) is 0 Å². The highest BCUT2D eigenvalue weighted by Crippen LogP contribution is 2.33. The second-order valence-corrected chi connectivity index (χ2v) is 7.52. The molecule has 0 saturated heterocycles. The van der Waals surface area contributed by atoms with Gasteiger partial charge in [0.25, 0.3) is 0 Å². The average Bonchev–Trinajstić information content (AvgIpc) is 2.37.